The van der Waals surface area contributed by atoms with Crippen LogP contribution in [0.1, 0.15) is 34.8 Å². The molecule has 94 valence electrons. The number of hydrogen-bond acceptors (Lipinski definition) is 3. The van der Waals surface area contributed by atoms with E-state index in [1.807, 2.05) is 18.2 Å². The van der Waals surface area contributed by atoms with Gasteiger partial charge in [-0.25, -0.2) is 4.79 Å². The van der Waals surface area contributed by atoms with Crippen LogP contribution in [0.3, 0.4) is 0 Å². The smallest absolute Gasteiger partial charge is 0.337 e. The first kappa shape index (κ1) is 15.7. The molecule has 0 heterocycles. The highest BCUT2D eigenvalue weighted by Gasteiger charge is 2.09. The topological polar surface area (TPSA) is 52.3 Å². The first-order valence-corrected chi connectivity index (χ1v) is 5.23. The Labute approximate surface area is 108 Å². The first-order valence-electron chi connectivity index (χ1n) is 5.23. The van der Waals surface area contributed by atoms with E-state index < -0.39 is 0 Å². The molecule has 1 rings (SSSR count). The maximum Gasteiger partial charge on any atom is 0.337 e. The van der Waals surface area contributed by atoms with Crippen molar-refractivity contribution in [1.29, 1.82) is 0 Å². The predicted octanol–water partition coefficient (Wildman–Crippen LogP) is 2.86. The van der Waals surface area contributed by atoms with Gasteiger partial charge in [-0.15, -0.1) is 19.0 Å². The number of allylic oxidation sites excluding steroid dienone is 1. The zero-order valence-electron chi connectivity index (χ0n) is 9.89. The molecule has 0 unspecified atom stereocenters. The molecule has 0 radical (unpaired) electrons. The first-order chi connectivity index (χ1) is 7.69. The zero-order valence-corrected chi connectivity index (χ0v) is 10.7. The number of benzene rings is 1. The average molecular weight is 256 g/mol. The lowest BCUT2D eigenvalue weighted by molar-refractivity contribution is 0.0600. The molecule has 2 N–H and O–H groups in total. The van der Waals surface area contributed by atoms with Gasteiger partial charge in [0.1, 0.15) is 0 Å². The number of ether oxygens (including phenoxy) is 1. The lowest BCUT2D eigenvalue weighted by Gasteiger charge is -2.11. The second kappa shape index (κ2) is 7.87. The Balaban J connectivity index is 0.00000256. The van der Waals surface area contributed by atoms with Gasteiger partial charge in [0.05, 0.1) is 12.7 Å². The quantitative estimate of drug-likeness (QED) is 0.650. The van der Waals surface area contributed by atoms with Crippen LogP contribution >= 0.6 is 12.4 Å². The molecule has 3 nitrogen and oxygen atoms in total. The summed E-state index contributed by atoms with van der Waals surface area (Å²) in [4.78, 5) is 11.3. The van der Waals surface area contributed by atoms with Gasteiger partial charge in [-0.2, -0.15) is 0 Å². The van der Waals surface area contributed by atoms with Crippen LogP contribution in [0.4, 0.5) is 0 Å². The van der Waals surface area contributed by atoms with Gasteiger partial charge in [0.15, 0.2) is 0 Å². The summed E-state index contributed by atoms with van der Waals surface area (Å²) in [7, 11) is 1.37. The summed E-state index contributed by atoms with van der Waals surface area (Å²) in [6.07, 6.45) is 3.53. The van der Waals surface area contributed by atoms with Crippen LogP contribution in [-0.2, 0) is 4.74 Å². The SMILES string of the molecule is C=CCC[C@H](N)c1cccc(C(=O)OC)c1.Cl. The van der Waals surface area contributed by atoms with E-state index in [0.29, 0.717) is 5.56 Å². The monoisotopic (exact) mass is 255 g/mol. The molecule has 1 aromatic carbocycles. The minimum atomic E-state index is -0.335. The second-order valence-electron chi connectivity index (χ2n) is 3.59. The average Bonchev–Trinajstić information content (AvgIpc) is 2.35. The molecule has 0 saturated carbocycles. The van der Waals surface area contributed by atoms with Crippen molar-refractivity contribution in [1.82, 2.24) is 0 Å². The predicted molar refractivity (Wildman–Crippen MR) is 71.4 cm³/mol. The number of esters is 1. The van der Waals surface area contributed by atoms with Crippen molar-refractivity contribution in [2.75, 3.05) is 7.11 Å². The van der Waals surface area contributed by atoms with Crippen LogP contribution in [0.5, 0.6) is 0 Å². The Morgan fingerprint density at radius 1 is 1.59 bits per heavy atom. The summed E-state index contributed by atoms with van der Waals surface area (Å²) in [5.41, 5.74) is 7.48. The van der Waals surface area contributed by atoms with Crippen LogP contribution in [-0.4, -0.2) is 13.1 Å². The molecule has 17 heavy (non-hydrogen) atoms. The van der Waals surface area contributed by atoms with E-state index in [-0.39, 0.29) is 24.4 Å². The summed E-state index contributed by atoms with van der Waals surface area (Å²) in [5.74, 6) is -0.335. The van der Waals surface area contributed by atoms with E-state index in [2.05, 4.69) is 11.3 Å². The van der Waals surface area contributed by atoms with E-state index in [1.54, 1.807) is 12.1 Å². The van der Waals surface area contributed by atoms with E-state index in [4.69, 9.17) is 5.73 Å². The van der Waals surface area contributed by atoms with Crippen molar-refractivity contribution in [2.45, 2.75) is 18.9 Å². The normalized spacial score (nSPS) is 11.2. The van der Waals surface area contributed by atoms with Crippen LogP contribution in [0, 0.1) is 0 Å². The number of carbonyl (C=O) groups is 1. The van der Waals surface area contributed by atoms with Gasteiger partial charge in [-0.05, 0) is 30.5 Å². The van der Waals surface area contributed by atoms with Gasteiger partial charge >= 0.3 is 5.97 Å². The Morgan fingerprint density at radius 2 is 2.29 bits per heavy atom. The van der Waals surface area contributed by atoms with E-state index in [1.165, 1.54) is 7.11 Å². The van der Waals surface area contributed by atoms with Crippen LogP contribution in [0.2, 0.25) is 0 Å². The highest BCUT2D eigenvalue weighted by atomic mass is 35.5. The Morgan fingerprint density at radius 3 is 2.88 bits per heavy atom. The van der Waals surface area contributed by atoms with E-state index in [9.17, 15) is 4.79 Å². The van der Waals surface area contributed by atoms with Gasteiger partial charge in [-0.3, -0.25) is 0 Å². The fraction of sp³-hybridized carbons (Fsp3) is 0.308. The minimum Gasteiger partial charge on any atom is -0.465 e. The molecule has 1 atom stereocenters. The summed E-state index contributed by atoms with van der Waals surface area (Å²) in [6.45, 7) is 3.66. The third-order valence-corrected chi connectivity index (χ3v) is 2.42. The molecule has 0 fully saturated rings. The molecule has 4 heteroatoms. The minimum absolute atomic E-state index is 0. The molecule has 0 aliphatic carbocycles. The molecular formula is C13H18ClNO2. The third kappa shape index (κ3) is 4.59. The Kier molecular flexibility index (Phi) is 7.26. The number of methoxy groups -OCH3 is 1. The lowest BCUT2D eigenvalue weighted by Crippen LogP contribution is -2.11. The van der Waals surface area contributed by atoms with Gasteiger partial charge < -0.3 is 10.5 Å². The highest BCUT2D eigenvalue weighted by molar-refractivity contribution is 5.89. The summed E-state index contributed by atoms with van der Waals surface area (Å²) in [6, 6.07) is 7.16. The van der Waals surface area contributed by atoms with Crippen LogP contribution < -0.4 is 5.73 Å². The number of hydrogen-bond donors (Lipinski definition) is 1. The maximum absolute atomic E-state index is 11.3. The number of carbonyl (C=O) groups excluding carboxylic acids is 1. The standard InChI is InChI=1S/C13H17NO2.ClH/c1-3-4-8-12(14)10-6-5-7-11(9-10)13(15)16-2;/h3,5-7,9,12H,1,4,8,14H2,2H3;1H/t12-;/m0./s1. The molecule has 1 aromatic rings. The summed E-state index contributed by atoms with van der Waals surface area (Å²) in [5, 5.41) is 0. The molecule has 0 saturated heterocycles. The van der Waals surface area contributed by atoms with Crippen molar-refractivity contribution in [2.24, 2.45) is 5.73 Å². The molecule has 0 amide bonds. The van der Waals surface area contributed by atoms with Crippen molar-refractivity contribution < 1.29 is 9.53 Å². The molecule has 0 spiro atoms. The third-order valence-electron chi connectivity index (χ3n) is 2.42. The highest BCUT2D eigenvalue weighted by Crippen LogP contribution is 2.17. The van der Waals surface area contributed by atoms with E-state index >= 15 is 0 Å². The Hall–Kier alpha value is -1.32. The molecule has 0 bridgehead atoms. The van der Waals surface area contributed by atoms with Gasteiger partial charge in [0.2, 0.25) is 0 Å². The maximum atomic E-state index is 11.3. The summed E-state index contributed by atoms with van der Waals surface area (Å²) < 4.78 is 4.66. The van der Waals surface area contributed by atoms with Gasteiger partial charge in [0, 0.05) is 6.04 Å². The molecule has 0 aliphatic heterocycles. The fourth-order valence-electron chi connectivity index (χ4n) is 1.48. The second-order valence-corrected chi connectivity index (χ2v) is 3.59. The molecular weight excluding hydrogens is 238 g/mol. The van der Waals surface area contributed by atoms with Crippen LogP contribution in [0.15, 0.2) is 36.9 Å². The van der Waals surface area contributed by atoms with Crippen molar-refractivity contribution in [3.63, 3.8) is 0 Å². The number of nitrogens with two attached hydrogens (primary N) is 1. The largest absolute Gasteiger partial charge is 0.465 e. The summed E-state index contributed by atoms with van der Waals surface area (Å²) >= 11 is 0. The van der Waals surface area contributed by atoms with Crippen molar-refractivity contribution >= 4 is 18.4 Å². The van der Waals surface area contributed by atoms with Gasteiger partial charge in [-0.1, -0.05) is 18.2 Å². The number of halogens is 1. The van der Waals surface area contributed by atoms with Crippen molar-refractivity contribution in [3.05, 3.63) is 48.0 Å². The number of rotatable bonds is 5. The zero-order chi connectivity index (χ0) is 12.0. The van der Waals surface area contributed by atoms with Gasteiger partial charge in [0.25, 0.3) is 0 Å². The molecule has 0 aromatic heterocycles. The Bertz CT molecular complexity index is 379. The van der Waals surface area contributed by atoms with Crippen LogP contribution in [0.25, 0.3) is 0 Å². The van der Waals surface area contributed by atoms with Crippen molar-refractivity contribution in [3.8, 4) is 0 Å². The lowest BCUT2D eigenvalue weighted by atomic mass is 10.0. The molecule has 0 aliphatic rings. The van der Waals surface area contributed by atoms with E-state index in [0.717, 1.165) is 18.4 Å². The fourth-order valence-corrected chi connectivity index (χ4v) is 1.48.